The Balaban J connectivity index is 1.87. The van der Waals surface area contributed by atoms with Crippen LogP contribution in [-0.2, 0) is 14.2 Å². The fraction of sp³-hybridized carbons (Fsp3) is 0.667. The van der Waals surface area contributed by atoms with Crippen molar-refractivity contribution < 1.29 is 19.3 Å². The van der Waals surface area contributed by atoms with Gasteiger partial charge in [-0.25, -0.2) is 9.79 Å². The number of ether oxygens (including phenoxy) is 3. The third-order valence-corrected chi connectivity index (χ3v) is 3.82. The van der Waals surface area contributed by atoms with Crippen LogP contribution in [0.2, 0.25) is 0 Å². The highest BCUT2D eigenvalue weighted by Crippen LogP contribution is 2.42. The van der Waals surface area contributed by atoms with Gasteiger partial charge in [0.05, 0.1) is 12.9 Å². The standard InChI is InChI=1S/C15H22N4O5/c1-15(2)23-11-9(7-20)22-13(12(11)24-15)19-6-5-10(17-14(19)21)16-8-18(3)4/h5-6,8-9,11-13,20H,7H2,1-4H3/t9-,11?,12?,13-/m1/s1. The number of fused-ring (bicyclic) bond motifs is 1. The molecule has 1 N–H and O–H groups in total. The van der Waals surface area contributed by atoms with Gasteiger partial charge < -0.3 is 24.2 Å². The quantitative estimate of drug-likeness (QED) is 0.603. The van der Waals surface area contributed by atoms with Gasteiger partial charge in [-0.3, -0.25) is 4.57 Å². The number of hydrogen-bond donors (Lipinski definition) is 1. The van der Waals surface area contributed by atoms with Crippen molar-refractivity contribution >= 4 is 12.2 Å². The predicted octanol–water partition coefficient (Wildman–Crippen LogP) is -0.125. The van der Waals surface area contributed by atoms with Gasteiger partial charge in [-0.2, -0.15) is 4.98 Å². The number of aliphatic hydroxyl groups excluding tert-OH is 1. The molecule has 0 amide bonds. The predicted molar refractivity (Wildman–Crippen MR) is 85.2 cm³/mol. The lowest BCUT2D eigenvalue weighted by Crippen LogP contribution is -2.34. The highest BCUT2D eigenvalue weighted by molar-refractivity contribution is 5.58. The Morgan fingerprint density at radius 1 is 1.42 bits per heavy atom. The van der Waals surface area contributed by atoms with E-state index in [9.17, 15) is 9.90 Å². The van der Waals surface area contributed by atoms with E-state index in [1.54, 1.807) is 37.3 Å². The largest absolute Gasteiger partial charge is 0.394 e. The first kappa shape index (κ1) is 17.0. The lowest BCUT2D eigenvalue weighted by atomic mass is 10.1. The Morgan fingerprint density at radius 2 is 2.12 bits per heavy atom. The van der Waals surface area contributed by atoms with Crippen LogP contribution >= 0.6 is 0 Å². The van der Waals surface area contributed by atoms with Crippen LogP contribution in [0.25, 0.3) is 0 Å². The smallest absolute Gasteiger partial charge is 0.351 e. The minimum atomic E-state index is -0.794. The van der Waals surface area contributed by atoms with Crippen LogP contribution in [0.1, 0.15) is 20.1 Å². The molecule has 2 saturated heterocycles. The number of aliphatic imine (C=N–C) groups is 1. The van der Waals surface area contributed by atoms with Gasteiger partial charge in [0, 0.05) is 20.3 Å². The third-order valence-electron chi connectivity index (χ3n) is 3.82. The SMILES string of the molecule is CN(C)C=Nc1ccn([C@@H]2O[C@H](CO)C3OC(C)(C)OC32)c(=O)n1. The summed E-state index contributed by atoms with van der Waals surface area (Å²) in [5, 5.41) is 9.50. The van der Waals surface area contributed by atoms with Crippen molar-refractivity contribution in [3.63, 3.8) is 0 Å². The highest BCUT2D eigenvalue weighted by atomic mass is 16.8. The lowest BCUT2D eigenvalue weighted by molar-refractivity contribution is -0.200. The van der Waals surface area contributed by atoms with E-state index in [0.717, 1.165) is 0 Å². The zero-order chi connectivity index (χ0) is 17.5. The van der Waals surface area contributed by atoms with Crippen LogP contribution in [0, 0.1) is 0 Å². The van der Waals surface area contributed by atoms with E-state index in [1.165, 1.54) is 4.57 Å². The number of aliphatic hydroxyl groups is 1. The molecular weight excluding hydrogens is 316 g/mol. The average Bonchev–Trinajstić information content (AvgIpc) is 2.98. The van der Waals surface area contributed by atoms with Crippen LogP contribution in [-0.4, -0.2) is 70.7 Å². The van der Waals surface area contributed by atoms with Gasteiger partial charge in [-0.05, 0) is 19.9 Å². The van der Waals surface area contributed by atoms with Gasteiger partial charge >= 0.3 is 5.69 Å². The molecule has 0 radical (unpaired) electrons. The van der Waals surface area contributed by atoms with Gasteiger partial charge in [0.25, 0.3) is 0 Å². The summed E-state index contributed by atoms with van der Waals surface area (Å²) in [6.45, 7) is 3.36. The number of aromatic nitrogens is 2. The Hall–Kier alpha value is -1.81. The zero-order valence-electron chi connectivity index (χ0n) is 14.1. The Morgan fingerprint density at radius 3 is 2.75 bits per heavy atom. The first-order chi connectivity index (χ1) is 11.3. The Kier molecular flexibility index (Phi) is 4.43. The van der Waals surface area contributed by atoms with Gasteiger partial charge in [-0.1, -0.05) is 0 Å². The van der Waals surface area contributed by atoms with Crippen molar-refractivity contribution in [2.24, 2.45) is 4.99 Å². The molecule has 24 heavy (non-hydrogen) atoms. The molecule has 9 nitrogen and oxygen atoms in total. The fourth-order valence-electron chi connectivity index (χ4n) is 2.87. The van der Waals surface area contributed by atoms with Gasteiger partial charge in [0.2, 0.25) is 0 Å². The van der Waals surface area contributed by atoms with Crippen LogP contribution in [0.4, 0.5) is 5.82 Å². The van der Waals surface area contributed by atoms with E-state index in [4.69, 9.17) is 14.2 Å². The van der Waals surface area contributed by atoms with Crippen molar-refractivity contribution in [2.45, 2.75) is 44.2 Å². The molecule has 9 heteroatoms. The molecule has 1 aromatic rings. The summed E-state index contributed by atoms with van der Waals surface area (Å²) >= 11 is 0. The first-order valence-electron chi connectivity index (χ1n) is 7.72. The molecule has 0 bridgehead atoms. The normalized spacial score (nSPS) is 31.5. The molecule has 4 atom stereocenters. The maximum atomic E-state index is 12.3. The maximum Gasteiger partial charge on any atom is 0.351 e. The van der Waals surface area contributed by atoms with Crippen molar-refractivity contribution in [3.8, 4) is 0 Å². The van der Waals surface area contributed by atoms with Crippen molar-refractivity contribution in [1.82, 2.24) is 14.5 Å². The molecule has 132 valence electrons. The maximum absolute atomic E-state index is 12.3. The monoisotopic (exact) mass is 338 g/mol. The molecular formula is C15H22N4O5. The molecule has 0 aliphatic carbocycles. The van der Waals surface area contributed by atoms with E-state index in [2.05, 4.69) is 9.98 Å². The molecule has 0 aromatic carbocycles. The van der Waals surface area contributed by atoms with Gasteiger partial charge in [-0.15, -0.1) is 0 Å². The molecule has 0 saturated carbocycles. The van der Waals surface area contributed by atoms with Crippen LogP contribution < -0.4 is 5.69 Å². The number of rotatable bonds is 4. The van der Waals surface area contributed by atoms with Gasteiger partial charge in [0.15, 0.2) is 17.8 Å². The van der Waals surface area contributed by atoms with Crippen LogP contribution in [0.15, 0.2) is 22.1 Å². The van der Waals surface area contributed by atoms with Crippen molar-refractivity contribution in [2.75, 3.05) is 20.7 Å². The van der Waals surface area contributed by atoms with E-state index in [1.807, 2.05) is 14.1 Å². The van der Waals surface area contributed by atoms with Crippen molar-refractivity contribution in [1.29, 1.82) is 0 Å². The van der Waals surface area contributed by atoms with Crippen LogP contribution in [0.3, 0.4) is 0 Å². The average molecular weight is 338 g/mol. The molecule has 2 unspecified atom stereocenters. The minimum Gasteiger partial charge on any atom is -0.394 e. The molecule has 2 aliphatic heterocycles. The zero-order valence-corrected chi connectivity index (χ0v) is 14.1. The van der Waals surface area contributed by atoms with Crippen LogP contribution in [0.5, 0.6) is 0 Å². The summed E-state index contributed by atoms with van der Waals surface area (Å²) in [5.41, 5.74) is -0.501. The van der Waals surface area contributed by atoms with E-state index in [0.29, 0.717) is 5.82 Å². The minimum absolute atomic E-state index is 0.218. The molecule has 3 heterocycles. The summed E-state index contributed by atoms with van der Waals surface area (Å²) in [6, 6.07) is 1.62. The molecule has 2 fully saturated rings. The molecule has 1 aromatic heterocycles. The van der Waals surface area contributed by atoms with Gasteiger partial charge in [0.1, 0.15) is 18.3 Å². The Labute approximate surface area is 139 Å². The second-order valence-electron chi connectivity index (χ2n) is 6.50. The number of nitrogens with zero attached hydrogens (tertiary/aromatic N) is 4. The lowest BCUT2D eigenvalue weighted by Gasteiger charge is -2.24. The first-order valence-corrected chi connectivity index (χ1v) is 7.72. The summed E-state index contributed by atoms with van der Waals surface area (Å²) < 4.78 is 18.7. The molecule has 3 rings (SSSR count). The Bertz CT molecular complexity index is 687. The second kappa shape index (κ2) is 6.25. The molecule has 0 spiro atoms. The van der Waals surface area contributed by atoms with Crippen molar-refractivity contribution in [3.05, 3.63) is 22.7 Å². The molecule has 2 aliphatic rings. The van der Waals surface area contributed by atoms with E-state index < -0.39 is 36.0 Å². The third kappa shape index (κ3) is 3.20. The summed E-state index contributed by atoms with van der Waals surface area (Å²) in [6.07, 6.45) is 0.933. The second-order valence-corrected chi connectivity index (χ2v) is 6.50. The summed E-state index contributed by atoms with van der Waals surface area (Å²) in [4.78, 5) is 22.1. The topological polar surface area (TPSA) is 98.4 Å². The van der Waals surface area contributed by atoms with E-state index >= 15 is 0 Å². The highest BCUT2D eigenvalue weighted by Gasteiger charge is 2.55. The summed E-state index contributed by atoms with van der Waals surface area (Å²) in [7, 11) is 3.65. The number of hydrogen-bond acceptors (Lipinski definition) is 7. The fourth-order valence-corrected chi connectivity index (χ4v) is 2.87. The summed E-state index contributed by atoms with van der Waals surface area (Å²) in [5.74, 6) is -0.486. The van der Waals surface area contributed by atoms with E-state index in [-0.39, 0.29) is 6.61 Å².